The Morgan fingerprint density at radius 3 is 0.167 bits per heavy atom. The van der Waals surface area contributed by atoms with Crippen molar-refractivity contribution in [3.63, 3.8) is 0 Å². The van der Waals surface area contributed by atoms with E-state index in [-0.39, 0.29) is 76.2 Å². The Labute approximate surface area is 299 Å². The summed E-state index contributed by atoms with van der Waals surface area (Å²) in [6, 6.07) is 0. The molecule has 0 aromatic carbocycles. The van der Waals surface area contributed by atoms with Crippen LogP contribution < -0.4 is 210 Å². The van der Waals surface area contributed by atoms with E-state index >= 15 is 0 Å². The summed E-state index contributed by atoms with van der Waals surface area (Å²) >= 11 is 0. The Morgan fingerprint density at radius 2 is 0.167 bits per heavy atom. The fraction of sp³-hybridized carbons (Fsp3) is 0. The van der Waals surface area contributed by atoms with Crippen LogP contribution in [0.2, 0.25) is 0 Å². The van der Waals surface area contributed by atoms with Gasteiger partial charge in [-0.15, -0.1) is 0 Å². The quantitative estimate of drug-likeness (QED) is 0.220. The minimum atomic E-state index is -2.92. The first-order valence-corrected chi connectivity index (χ1v) is 7.07. The average molecular weight is 646 g/mol. The van der Waals surface area contributed by atoms with Crippen LogP contribution >= 0.6 is 0 Å². The molecule has 0 bridgehead atoms. The molecule has 0 spiro atoms. The van der Waals surface area contributed by atoms with Crippen LogP contribution in [0.25, 0.3) is 0 Å². The Hall–Kier alpha value is 1.45. The van der Waals surface area contributed by atoms with E-state index in [0.717, 1.165) is 0 Å². The van der Waals surface area contributed by atoms with Crippen molar-refractivity contribution in [3.8, 4) is 0 Å². The van der Waals surface area contributed by atoms with E-state index in [2.05, 4.69) is 0 Å². The third-order valence-corrected chi connectivity index (χ3v) is 0. The number of rotatable bonds is 0. The van der Waals surface area contributed by atoms with E-state index in [0.29, 0.717) is 0 Å². The first kappa shape index (κ1) is 79.2. The Balaban J connectivity index is -0.00000000818. The Kier molecular flexibility index (Phi) is 139. The molecule has 0 fully saturated rings. The van der Waals surface area contributed by atoms with Crippen molar-refractivity contribution in [2.75, 3.05) is 0 Å². The van der Waals surface area contributed by atoms with Gasteiger partial charge in [0.15, 0.2) is 0 Å². The molecule has 42 heteroatoms. The molecular weight excluding hydrogens is 634 g/mol. The van der Waals surface area contributed by atoms with Gasteiger partial charge in [0, 0.05) is 0 Å². The van der Waals surface area contributed by atoms with Crippen molar-refractivity contribution in [3.05, 3.63) is 0 Å². The predicted octanol–water partition coefficient (Wildman–Crippen LogP) is -44.1. The third kappa shape index (κ3) is 32300. The first-order valence-electron chi connectivity index (χ1n) is 7.07. The molecule has 0 atom stereocenters. The molecule has 30 nitrogen and oxygen atoms in total. The molecule has 0 aromatic heterocycles. The smallest absolute Gasteiger partial charge is 1.00 e. The fourth-order valence-electron chi connectivity index (χ4n) is 0. The summed E-state index contributed by atoms with van der Waals surface area (Å²) < 4.78 is 0. The SMILES string of the molecule is [H+].[H+].[H+].[H+].[H+].[H+].[H+].[H+].[H+].[H+].[H-].[H-].[Na+].[Na+].[O-]B([O-])[O-].[O-]B([O-])[O-].[O-]B([O-])[O-].[O-]B([O-])[O-].[O-]B([O-])[O-].[O-]B([O-])[O-].[O-]B([O-])[O-].[O-]B([O-])[O-].[O-]B([O-])[O-].[O-]B([O-])[O-]. The zero-order valence-corrected chi connectivity index (χ0v) is 24.0. The summed E-state index contributed by atoms with van der Waals surface area (Å²) in [5.74, 6) is 0. The largest absolute Gasteiger partial charge is 1.00 e. The maximum absolute atomic E-state index is 8.42. The summed E-state index contributed by atoms with van der Waals surface area (Å²) in [6.07, 6.45) is 0. The summed E-state index contributed by atoms with van der Waals surface area (Å²) in [6.45, 7) is 0. The molecule has 0 radical (unpaired) electrons. The summed E-state index contributed by atoms with van der Waals surface area (Å²) in [7, 11) is -29.2. The molecule has 42 heavy (non-hydrogen) atoms. The standard InChI is InChI=1S/10BO3.2Na.2H/c10*2-1(3)4;;;;/q10*-3;2*+1;2*-1/p+10. The van der Waals surface area contributed by atoms with Crippen LogP contribution in [-0.2, 0) is 0 Å². The van der Waals surface area contributed by atoms with Gasteiger partial charge in [0.05, 0.1) is 0 Å². The van der Waals surface area contributed by atoms with Crippen LogP contribution in [0.4, 0.5) is 0 Å². The first-order chi connectivity index (χ1) is 17.3. The Morgan fingerprint density at radius 1 is 0.167 bits per heavy atom. The fourth-order valence-corrected chi connectivity index (χ4v) is 0. The normalized spacial score (nSPS) is 6.43. The van der Waals surface area contributed by atoms with E-state index in [1.807, 2.05) is 0 Å². The van der Waals surface area contributed by atoms with Crippen LogP contribution in [0.1, 0.15) is 17.1 Å². The van der Waals surface area contributed by atoms with Crippen molar-refractivity contribution in [2.24, 2.45) is 0 Å². The summed E-state index contributed by atoms with van der Waals surface area (Å²) in [5, 5.41) is 252. The van der Waals surface area contributed by atoms with E-state index in [4.69, 9.17) is 151 Å². The van der Waals surface area contributed by atoms with Crippen LogP contribution in [0.3, 0.4) is 0 Å². The molecule has 0 rings (SSSR count). The topological polar surface area (TPSA) is 692 Å². The molecule has 0 unspecified atom stereocenters. The van der Waals surface area contributed by atoms with Crippen LogP contribution in [0.15, 0.2) is 0 Å². The maximum Gasteiger partial charge on any atom is 1.00 e. The maximum atomic E-state index is 8.42. The summed E-state index contributed by atoms with van der Waals surface area (Å²) in [5.41, 5.74) is 0. The number of hydrogen-bond acceptors (Lipinski definition) is 30. The summed E-state index contributed by atoms with van der Waals surface area (Å²) in [4.78, 5) is 0. The molecular formula is H12B10Na2O30-20. The molecule has 244 valence electrons. The van der Waals surface area contributed by atoms with Gasteiger partial charge in [0.2, 0.25) is 0 Å². The van der Waals surface area contributed by atoms with Crippen LogP contribution in [0, 0.1) is 0 Å². The van der Waals surface area contributed by atoms with E-state index in [1.165, 1.54) is 0 Å². The van der Waals surface area contributed by atoms with Gasteiger partial charge in [0.25, 0.3) is 0 Å². The van der Waals surface area contributed by atoms with Crippen molar-refractivity contribution in [2.45, 2.75) is 0 Å². The zero-order valence-electron chi connectivity index (χ0n) is 32.0. The minimum Gasteiger partial charge on any atom is -1.00 e. The molecule has 0 aliphatic rings. The van der Waals surface area contributed by atoms with E-state index in [9.17, 15) is 0 Å². The molecule has 0 saturated heterocycles. The zero-order chi connectivity index (χ0) is 35.8. The molecule has 0 aliphatic carbocycles. The van der Waals surface area contributed by atoms with Crippen molar-refractivity contribution in [1.82, 2.24) is 0 Å². The van der Waals surface area contributed by atoms with Gasteiger partial charge in [-0.2, -0.15) is 0 Å². The van der Waals surface area contributed by atoms with Gasteiger partial charge in [0.1, 0.15) is 0 Å². The van der Waals surface area contributed by atoms with Crippen LogP contribution in [-0.4, -0.2) is 73.2 Å². The monoisotopic (exact) mass is 648 g/mol. The van der Waals surface area contributed by atoms with Crippen molar-refractivity contribution < 1.29 is 227 Å². The predicted molar refractivity (Wildman–Crippen MR) is 70.9 cm³/mol. The molecule has 0 N–H and O–H groups in total. The van der Waals surface area contributed by atoms with Gasteiger partial charge in [-0.25, -0.2) is 0 Å². The van der Waals surface area contributed by atoms with Crippen molar-refractivity contribution >= 4 is 73.2 Å². The van der Waals surface area contributed by atoms with Crippen LogP contribution in [0.5, 0.6) is 0 Å². The Bertz CT molecular complexity index is 233. The second-order valence-electron chi connectivity index (χ2n) is 2.89. The van der Waals surface area contributed by atoms with Gasteiger partial charge in [-0.3, -0.25) is 73.2 Å². The van der Waals surface area contributed by atoms with E-state index in [1.54, 1.807) is 0 Å². The number of hydrogen-bond donors (Lipinski definition) is 0. The molecule has 0 saturated carbocycles. The average Bonchev–Trinajstić information content (AvgIpc) is 2.47. The van der Waals surface area contributed by atoms with Gasteiger partial charge in [-0.05, 0) is 0 Å². The second kappa shape index (κ2) is 73.7. The molecule has 0 aromatic rings. The van der Waals surface area contributed by atoms with Gasteiger partial charge >= 0.3 is 73.4 Å². The third-order valence-electron chi connectivity index (χ3n) is 0. The minimum absolute atomic E-state index is 0. The molecule has 0 amide bonds. The van der Waals surface area contributed by atoms with Gasteiger partial charge < -0.3 is 154 Å². The van der Waals surface area contributed by atoms with Gasteiger partial charge in [-0.1, -0.05) is 0 Å². The molecule has 0 aliphatic heterocycles. The molecule has 0 heterocycles. The second-order valence-corrected chi connectivity index (χ2v) is 2.89. The van der Waals surface area contributed by atoms with E-state index < -0.39 is 73.2 Å². The van der Waals surface area contributed by atoms with Crippen molar-refractivity contribution in [1.29, 1.82) is 0 Å².